The summed E-state index contributed by atoms with van der Waals surface area (Å²) in [5, 5.41) is 0. The number of para-hydroxylation sites is 1. The van der Waals surface area contributed by atoms with Gasteiger partial charge in [0.25, 0.3) is 5.91 Å². The van der Waals surface area contributed by atoms with Gasteiger partial charge in [-0.25, -0.2) is 14.3 Å². The number of carbonyl (C=O) groups is 2. The van der Waals surface area contributed by atoms with E-state index in [9.17, 15) is 9.59 Å². The molecule has 0 N–H and O–H groups in total. The number of methoxy groups -OCH3 is 3. The van der Waals surface area contributed by atoms with E-state index >= 15 is 0 Å². The van der Waals surface area contributed by atoms with E-state index in [2.05, 4.69) is 6.92 Å². The first-order valence-corrected chi connectivity index (χ1v) is 17.4. The van der Waals surface area contributed by atoms with Crippen LogP contribution >= 0.6 is 0 Å². The molecule has 0 aliphatic heterocycles. The maximum absolute atomic E-state index is 13.7. The first-order chi connectivity index (χ1) is 23.4. The molecule has 0 atom stereocenters. The van der Waals surface area contributed by atoms with Crippen molar-refractivity contribution in [3.05, 3.63) is 77.6 Å². The summed E-state index contributed by atoms with van der Waals surface area (Å²) in [5.41, 5.74) is 1.63. The number of benzene rings is 2. The third kappa shape index (κ3) is 13.7. The molecule has 270 valence electrons. The highest BCUT2D eigenvalue weighted by molar-refractivity contribution is 6.04. The minimum Gasteiger partial charge on any atom is -1.00 e. The number of pyridine rings is 1. The summed E-state index contributed by atoms with van der Waals surface area (Å²) in [5.74, 6) is 1.32. The van der Waals surface area contributed by atoms with Gasteiger partial charge in [-0.15, -0.1) is 0 Å². The van der Waals surface area contributed by atoms with E-state index in [1.54, 1.807) is 50.6 Å². The molecular weight excluding hydrogens is 735 g/mol. The molecule has 0 saturated heterocycles. The molecule has 2 aromatic carbocycles. The molecule has 3 rings (SSSR count). The van der Waals surface area contributed by atoms with E-state index in [-0.39, 0.29) is 42.7 Å². The Hall–Kier alpha value is -3.54. The van der Waals surface area contributed by atoms with Crippen molar-refractivity contribution in [2.45, 2.75) is 97.1 Å². The van der Waals surface area contributed by atoms with Crippen LogP contribution < -0.4 is 47.5 Å². The monoisotopic (exact) mass is 790 g/mol. The van der Waals surface area contributed by atoms with Gasteiger partial charge in [-0.05, 0) is 36.2 Å². The van der Waals surface area contributed by atoms with Crippen molar-refractivity contribution in [3.63, 3.8) is 0 Å². The van der Waals surface area contributed by atoms with Gasteiger partial charge >= 0.3 is 6.09 Å². The number of unbranched alkanes of at least 4 members (excludes halogenated alkanes) is 11. The highest BCUT2D eigenvalue weighted by Crippen LogP contribution is 2.39. The van der Waals surface area contributed by atoms with Gasteiger partial charge in [0.15, 0.2) is 17.7 Å². The van der Waals surface area contributed by atoms with Gasteiger partial charge in [0, 0.05) is 12.1 Å². The number of hydrogen-bond acceptors (Lipinski definition) is 7. The molecule has 0 saturated carbocycles. The maximum atomic E-state index is 13.7. The molecule has 1 heterocycles. The summed E-state index contributed by atoms with van der Waals surface area (Å²) >= 11 is 0. The highest BCUT2D eigenvalue weighted by Gasteiger charge is 2.29. The normalized spacial score (nSPS) is 10.6. The molecule has 0 aliphatic rings. The summed E-state index contributed by atoms with van der Waals surface area (Å²) in [6, 6.07) is 15.9. The Kier molecular flexibility index (Phi) is 20.2. The van der Waals surface area contributed by atoms with Gasteiger partial charge in [-0.2, -0.15) is 0 Å². The number of hydrogen-bond donors (Lipinski definition) is 0. The SMILES string of the molecule is CCCCCCCCCCCCCCOc1c(OC)cc(COC(=O)N(Cc2cccc[n+]2C)C(=O)c2ccccc2OC)cc1OC.[I-]. The molecule has 9 nitrogen and oxygen atoms in total. The zero-order valence-corrected chi connectivity index (χ0v) is 32.2. The van der Waals surface area contributed by atoms with E-state index in [4.69, 9.17) is 23.7 Å². The van der Waals surface area contributed by atoms with Gasteiger partial charge in [-0.3, -0.25) is 4.79 Å². The first kappa shape index (κ1) is 41.6. The Bertz CT molecular complexity index is 1390. The van der Waals surface area contributed by atoms with Gasteiger partial charge in [0.05, 0.1) is 33.5 Å². The summed E-state index contributed by atoms with van der Waals surface area (Å²) in [6.07, 6.45) is 16.4. The van der Waals surface area contributed by atoms with E-state index < -0.39 is 12.0 Å². The highest BCUT2D eigenvalue weighted by atomic mass is 127. The topological polar surface area (TPSA) is 87.4 Å². The molecule has 3 aromatic rings. The molecule has 0 unspecified atom stereocenters. The van der Waals surface area contributed by atoms with E-state index in [1.165, 1.54) is 71.3 Å². The van der Waals surface area contributed by atoms with Crippen molar-refractivity contribution in [1.29, 1.82) is 0 Å². The molecule has 0 fully saturated rings. The molecule has 1 aromatic heterocycles. The van der Waals surface area contributed by atoms with Crippen molar-refractivity contribution in [2.24, 2.45) is 7.05 Å². The zero-order valence-electron chi connectivity index (χ0n) is 30.0. The first-order valence-electron chi connectivity index (χ1n) is 17.4. The zero-order chi connectivity index (χ0) is 34.6. The molecule has 0 radical (unpaired) electrons. The third-order valence-corrected chi connectivity index (χ3v) is 8.41. The van der Waals surface area contributed by atoms with Crippen molar-refractivity contribution < 1.29 is 61.8 Å². The van der Waals surface area contributed by atoms with Crippen LogP contribution in [0, 0.1) is 0 Å². The van der Waals surface area contributed by atoms with Gasteiger partial charge in [-0.1, -0.05) is 95.8 Å². The van der Waals surface area contributed by atoms with E-state index in [0.717, 1.165) is 23.4 Å². The summed E-state index contributed by atoms with van der Waals surface area (Å²) < 4.78 is 30.3. The molecule has 49 heavy (non-hydrogen) atoms. The van der Waals surface area contributed by atoms with E-state index in [1.807, 2.05) is 36.0 Å². The number of nitrogens with zero attached hydrogens (tertiary/aromatic N) is 2. The Morgan fingerprint density at radius 2 is 1.27 bits per heavy atom. The second-order valence-corrected chi connectivity index (χ2v) is 12.0. The standard InChI is InChI=1S/C39H55N2O7.HI/c1-6-7-8-9-10-11-12-13-14-15-16-21-26-47-37-35(45-4)27-31(28-36(37)46-5)30-48-39(43)41(29-32-22-19-20-25-40(32)2)38(42)33-23-17-18-24-34(33)44-3;/h17-20,22-25,27-28H,6-16,21,26,29-30H2,1-5H3;1H/q+1;/p-1. The van der Waals surface area contributed by atoms with Gasteiger partial charge in [0.2, 0.25) is 11.4 Å². The van der Waals surface area contributed by atoms with Crippen LogP contribution in [0.5, 0.6) is 23.0 Å². The number of carbonyl (C=O) groups excluding carboxylic acids is 2. The van der Waals surface area contributed by atoms with Crippen LogP contribution in [-0.4, -0.2) is 44.8 Å². The molecule has 0 aliphatic carbocycles. The molecule has 0 bridgehead atoms. The number of halogens is 1. The predicted octanol–water partition coefficient (Wildman–Crippen LogP) is 5.60. The number of amides is 2. The Balaban J connectivity index is 0.00000833. The van der Waals surface area contributed by atoms with Crippen LogP contribution in [0.15, 0.2) is 60.8 Å². The van der Waals surface area contributed by atoms with Crippen LogP contribution in [0.3, 0.4) is 0 Å². The summed E-state index contributed by atoms with van der Waals surface area (Å²) in [6.45, 7) is 2.71. The number of aryl methyl sites for hydroxylation is 1. The molecule has 0 spiro atoms. The number of rotatable bonds is 22. The Labute approximate surface area is 310 Å². The van der Waals surface area contributed by atoms with Crippen molar-refractivity contribution in [3.8, 4) is 23.0 Å². The lowest BCUT2D eigenvalue weighted by atomic mass is 10.1. The molecule has 2 amide bonds. The summed E-state index contributed by atoms with van der Waals surface area (Å²) in [7, 11) is 6.47. The van der Waals surface area contributed by atoms with Gasteiger partial charge in [0.1, 0.15) is 25.9 Å². The average molecular weight is 791 g/mol. The number of aromatic nitrogens is 1. The Morgan fingerprint density at radius 3 is 1.84 bits per heavy atom. The summed E-state index contributed by atoms with van der Waals surface area (Å²) in [4.78, 5) is 28.3. The fraction of sp³-hybridized carbons (Fsp3) is 0.513. The molecule has 10 heteroatoms. The average Bonchev–Trinajstić information content (AvgIpc) is 3.11. The largest absolute Gasteiger partial charge is 1.00 e. The lowest BCUT2D eigenvalue weighted by Crippen LogP contribution is -3.00. The lowest BCUT2D eigenvalue weighted by Gasteiger charge is -2.21. The second kappa shape index (κ2) is 23.8. The van der Waals surface area contributed by atoms with Crippen molar-refractivity contribution >= 4 is 12.0 Å². The smallest absolute Gasteiger partial charge is 0.417 e. The third-order valence-electron chi connectivity index (χ3n) is 8.41. The van der Waals surface area contributed by atoms with Crippen LogP contribution in [0.2, 0.25) is 0 Å². The predicted molar refractivity (Wildman–Crippen MR) is 187 cm³/mol. The second-order valence-electron chi connectivity index (χ2n) is 12.0. The Morgan fingerprint density at radius 1 is 0.714 bits per heavy atom. The minimum atomic E-state index is -0.792. The van der Waals surface area contributed by atoms with Crippen LogP contribution in [0.25, 0.3) is 0 Å². The fourth-order valence-electron chi connectivity index (χ4n) is 5.57. The van der Waals surface area contributed by atoms with Gasteiger partial charge < -0.3 is 47.7 Å². The molecular formula is C39H55IN2O7. The quantitative estimate of drug-likeness (QED) is 0.0745. The maximum Gasteiger partial charge on any atom is 0.417 e. The van der Waals surface area contributed by atoms with Crippen LogP contribution in [0.1, 0.15) is 106 Å². The number of ether oxygens (including phenoxy) is 5. The lowest BCUT2D eigenvalue weighted by molar-refractivity contribution is -0.679. The van der Waals surface area contributed by atoms with Crippen LogP contribution in [-0.2, 0) is 24.9 Å². The minimum absolute atomic E-state index is 0. The number of imide groups is 1. The van der Waals surface area contributed by atoms with Crippen molar-refractivity contribution in [2.75, 3.05) is 27.9 Å². The van der Waals surface area contributed by atoms with Crippen molar-refractivity contribution in [1.82, 2.24) is 4.90 Å². The fourth-order valence-corrected chi connectivity index (χ4v) is 5.57. The van der Waals surface area contributed by atoms with Crippen LogP contribution in [0.4, 0.5) is 4.79 Å². The van der Waals surface area contributed by atoms with E-state index in [0.29, 0.717) is 35.2 Å².